The van der Waals surface area contributed by atoms with Crippen molar-refractivity contribution in [2.24, 2.45) is 5.10 Å². The van der Waals surface area contributed by atoms with Crippen molar-refractivity contribution < 1.29 is 4.74 Å². The van der Waals surface area contributed by atoms with Crippen LogP contribution < -0.4 is 10.2 Å². The van der Waals surface area contributed by atoms with Gasteiger partial charge in [0.15, 0.2) is 0 Å². The number of hydrazone groups is 1. The minimum Gasteiger partial charge on any atom is -0.497 e. The number of hydrogen-bond acceptors (Lipinski definition) is 3. The third-order valence-electron chi connectivity index (χ3n) is 3.16. The van der Waals surface area contributed by atoms with Crippen LogP contribution in [0.1, 0.15) is 22.7 Å². The summed E-state index contributed by atoms with van der Waals surface area (Å²) in [6.07, 6.45) is 1.86. The van der Waals surface area contributed by atoms with E-state index < -0.39 is 0 Å². The van der Waals surface area contributed by atoms with Crippen LogP contribution in [0.4, 0.5) is 0 Å². The molecule has 0 fully saturated rings. The fourth-order valence-corrected chi connectivity index (χ4v) is 2.19. The van der Waals surface area contributed by atoms with Crippen LogP contribution in [0.2, 0.25) is 0 Å². The van der Waals surface area contributed by atoms with Gasteiger partial charge in [0.05, 0.1) is 19.4 Å². The summed E-state index contributed by atoms with van der Waals surface area (Å²) in [6, 6.07) is 16.5. The summed E-state index contributed by atoms with van der Waals surface area (Å²) in [6.45, 7) is 0. The first-order chi connectivity index (χ1) is 8.88. The highest BCUT2D eigenvalue weighted by Gasteiger charge is 2.18. The highest BCUT2D eigenvalue weighted by molar-refractivity contribution is 5.83. The zero-order valence-corrected chi connectivity index (χ0v) is 10.1. The molecule has 0 amide bonds. The summed E-state index contributed by atoms with van der Waals surface area (Å²) in [7, 11) is 1.67. The molecule has 2 aromatic carbocycles. The zero-order valence-electron chi connectivity index (χ0n) is 10.1. The number of nitrogens with zero attached hydrogens (tertiary/aromatic N) is 1. The summed E-state index contributed by atoms with van der Waals surface area (Å²) in [5, 5.41) is 4.21. The lowest BCUT2D eigenvalue weighted by atomic mass is 9.94. The quantitative estimate of drug-likeness (QED) is 0.872. The van der Waals surface area contributed by atoms with E-state index in [1.54, 1.807) is 7.11 Å². The first-order valence-corrected chi connectivity index (χ1v) is 5.90. The number of fused-ring (bicyclic) bond motifs is 1. The predicted octanol–water partition coefficient (Wildman–Crippen LogP) is 2.72. The van der Waals surface area contributed by atoms with E-state index in [9.17, 15) is 0 Å². The van der Waals surface area contributed by atoms with Crippen LogP contribution in [-0.4, -0.2) is 13.3 Å². The summed E-state index contributed by atoms with van der Waals surface area (Å²) in [4.78, 5) is 0. The van der Waals surface area contributed by atoms with E-state index in [-0.39, 0.29) is 6.04 Å². The van der Waals surface area contributed by atoms with Gasteiger partial charge in [-0.2, -0.15) is 5.10 Å². The third-order valence-corrected chi connectivity index (χ3v) is 3.16. The molecular formula is C15H14N2O. The zero-order chi connectivity index (χ0) is 12.4. The monoisotopic (exact) mass is 238 g/mol. The molecule has 0 aliphatic carbocycles. The van der Waals surface area contributed by atoms with Crippen LogP contribution in [0.15, 0.2) is 53.6 Å². The molecule has 0 saturated carbocycles. The van der Waals surface area contributed by atoms with Crippen LogP contribution in [0.3, 0.4) is 0 Å². The van der Waals surface area contributed by atoms with Crippen molar-refractivity contribution in [2.45, 2.75) is 6.04 Å². The Morgan fingerprint density at radius 3 is 2.61 bits per heavy atom. The smallest absolute Gasteiger partial charge is 0.118 e. The van der Waals surface area contributed by atoms with Crippen molar-refractivity contribution in [3.8, 4) is 5.75 Å². The fraction of sp³-hybridized carbons (Fsp3) is 0.133. The van der Waals surface area contributed by atoms with Gasteiger partial charge in [0.2, 0.25) is 0 Å². The highest BCUT2D eigenvalue weighted by Crippen LogP contribution is 2.27. The van der Waals surface area contributed by atoms with E-state index in [1.165, 1.54) is 11.1 Å². The van der Waals surface area contributed by atoms with Crippen molar-refractivity contribution in [1.29, 1.82) is 0 Å². The van der Waals surface area contributed by atoms with Crippen molar-refractivity contribution in [3.05, 3.63) is 65.2 Å². The molecule has 2 aromatic rings. The molecule has 3 nitrogen and oxygen atoms in total. The molecule has 1 aliphatic heterocycles. The molecule has 0 saturated heterocycles. The number of benzene rings is 2. The van der Waals surface area contributed by atoms with Gasteiger partial charge in [0.1, 0.15) is 5.75 Å². The normalized spacial score (nSPS) is 16.8. The topological polar surface area (TPSA) is 33.6 Å². The Morgan fingerprint density at radius 2 is 1.83 bits per heavy atom. The molecule has 0 unspecified atom stereocenters. The Labute approximate surface area is 106 Å². The van der Waals surface area contributed by atoms with Gasteiger partial charge in [-0.05, 0) is 23.3 Å². The molecule has 0 spiro atoms. The summed E-state index contributed by atoms with van der Waals surface area (Å²) in [5.74, 6) is 0.867. The lowest BCUT2D eigenvalue weighted by Gasteiger charge is -2.23. The number of ether oxygens (including phenoxy) is 1. The number of methoxy groups -OCH3 is 1. The van der Waals surface area contributed by atoms with Gasteiger partial charge < -0.3 is 4.74 Å². The SMILES string of the molecule is COc1ccc([C@@H]2NN=Cc3ccccc32)cc1. The maximum atomic E-state index is 5.18. The van der Waals surface area contributed by atoms with Gasteiger partial charge in [0.25, 0.3) is 0 Å². The van der Waals surface area contributed by atoms with E-state index in [0.717, 1.165) is 11.3 Å². The molecule has 0 aromatic heterocycles. The molecule has 18 heavy (non-hydrogen) atoms. The van der Waals surface area contributed by atoms with Crippen molar-refractivity contribution in [3.63, 3.8) is 0 Å². The van der Waals surface area contributed by atoms with Crippen molar-refractivity contribution in [1.82, 2.24) is 5.43 Å². The lowest BCUT2D eigenvalue weighted by molar-refractivity contribution is 0.414. The van der Waals surface area contributed by atoms with E-state index in [4.69, 9.17) is 4.74 Å². The Hall–Kier alpha value is -2.29. The molecule has 1 aliphatic rings. The maximum absolute atomic E-state index is 5.18. The van der Waals surface area contributed by atoms with Gasteiger partial charge in [-0.15, -0.1) is 0 Å². The maximum Gasteiger partial charge on any atom is 0.118 e. The second-order valence-electron chi connectivity index (χ2n) is 4.22. The Bertz CT molecular complexity index is 575. The van der Waals surface area contributed by atoms with Crippen LogP contribution >= 0.6 is 0 Å². The van der Waals surface area contributed by atoms with Gasteiger partial charge in [0, 0.05) is 5.56 Å². The Balaban J connectivity index is 1.99. The molecule has 3 rings (SSSR count). The van der Waals surface area contributed by atoms with Gasteiger partial charge in [-0.25, -0.2) is 0 Å². The highest BCUT2D eigenvalue weighted by atomic mass is 16.5. The van der Waals surface area contributed by atoms with Gasteiger partial charge in [-0.1, -0.05) is 36.4 Å². The van der Waals surface area contributed by atoms with Crippen molar-refractivity contribution >= 4 is 6.21 Å². The number of hydrogen-bond donors (Lipinski definition) is 1. The average Bonchev–Trinajstić information content (AvgIpc) is 2.47. The number of rotatable bonds is 2. The van der Waals surface area contributed by atoms with Crippen LogP contribution in [0, 0.1) is 0 Å². The predicted molar refractivity (Wildman–Crippen MR) is 72.0 cm³/mol. The average molecular weight is 238 g/mol. The minimum atomic E-state index is 0.108. The second kappa shape index (κ2) is 4.53. The van der Waals surface area contributed by atoms with Crippen LogP contribution in [-0.2, 0) is 0 Å². The molecule has 90 valence electrons. The van der Waals surface area contributed by atoms with Gasteiger partial charge in [-0.3, -0.25) is 5.43 Å². The number of nitrogens with one attached hydrogen (secondary N) is 1. The molecular weight excluding hydrogens is 224 g/mol. The largest absolute Gasteiger partial charge is 0.497 e. The van der Waals surface area contributed by atoms with E-state index in [1.807, 2.05) is 24.4 Å². The summed E-state index contributed by atoms with van der Waals surface area (Å²) >= 11 is 0. The van der Waals surface area contributed by atoms with E-state index in [0.29, 0.717) is 0 Å². The first-order valence-electron chi connectivity index (χ1n) is 5.90. The standard InChI is InChI=1S/C15H14N2O/c1-18-13-8-6-11(7-9-13)15-14-5-3-2-4-12(14)10-16-17-15/h2-10,15,17H,1H3/t15-/m0/s1. The van der Waals surface area contributed by atoms with E-state index in [2.05, 4.69) is 40.9 Å². The second-order valence-corrected chi connectivity index (χ2v) is 4.22. The third kappa shape index (κ3) is 1.84. The van der Waals surface area contributed by atoms with E-state index >= 15 is 0 Å². The van der Waals surface area contributed by atoms with Crippen LogP contribution in [0.25, 0.3) is 0 Å². The van der Waals surface area contributed by atoms with Crippen LogP contribution in [0.5, 0.6) is 5.75 Å². The summed E-state index contributed by atoms with van der Waals surface area (Å²) in [5.41, 5.74) is 6.75. The molecule has 0 radical (unpaired) electrons. The Kier molecular flexibility index (Phi) is 2.73. The fourth-order valence-electron chi connectivity index (χ4n) is 2.19. The molecule has 1 heterocycles. The molecule has 1 atom stereocenters. The lowest BCUT2D eigenvalue weighted by Crippen LogP contribution is -2.22. The molecule has 3 heteroatoms. The molecule has 0 bridgehead atoms. The Morgan fingerprint density at radius 1 is 1.06 bits per heavy atom. The first kappa shape index (κ1) is 10.8. The van der Waals surface area contributed by atoms with Gasteiger partial charge >= 0.3 is 0 Å². The summed E-state index contributed by atoms with van der Waals surface area (Å²) < 4.78 is 5.18. The minimum absolute atomic E-state index is 0.108. The molecule has 1 N–H and O–H groups in total. The van der Waals surface area contributed by atoms with Crippen molar-refractivity contribution in [2.75, 3.05) is 7.11 Å².